The molecule has 0 aromatic heterocycles. The van der Waals surface area contributed by atoms with Gasteiger partial charge in [0, 0.05) is 0 Å². The van der Waals surface area contributed by atoms with Gasteiger partial charge >= 0.3 is 5.97 Å². The highest BCUT2D eigenvalue weighted by molar-refractivity contribution is 7.92. The van der Waals surface area contributed by atoms with E-state index in [0.717, 1.165) is 0 Å². The van der Waals surface area contributed by atoms with E-state index in [1.54, 1.807) is 6.92 Å². The average molecular weight is 248 g/mol. The Morgan fingerprint density at radius 3 is 2.56 bits per heavy atom. The molecule has 16 heavy (non-hydrogen) atoms. The lowest BCUT2D eigenvalue weighted by molar-refractivity contribution is -0.147. The fraction of sp³-hybridized carbons (Fsp3) is 0.900. The molecule has 2 saturated heterocycles. The Bertz CT molecular complexity index is 428. The molecule has 2 heterocycles. The Morgan fingerprint density at radius 2 is 2.19 bits per heavy atom. The van der Waals surface area contributed by atoms with Crippen LogP contribution in [0.25, 0.3) is 0 Å². The third-order valence-corrected chi connectivity index (χ3v) is 6.20. The summed E-state index contributed by atoms with van der Waals surface area (Å²) in [6.45, 7) is 3.42. The standard InChI is InChI=1S/C10H16O5S/c1-4-9(8(11)14-3)10(15-9)5-6-16(12,13)7(10)2/h7H,4-6H2,1-3H3. The first kappa shape index (κ1) is 11.9. The van der Waals surface area contributed by atoms with Crippen LogP contribution in [-0.4, -0.2) is 43.7 Å². The number of carbonyl (C=O) groups is 1. The van der Waals surface area contributed by atoms with Crippen LogP contribution in [-0.2, 0) is 24.1 Å². The molecular weight excluding hydrogens is 232 g/mol. The number of rotatable bonds is 2. The number of methoxy groups -OCH3 is 1. The second kappa shape index (κ2) is 3.20. The summed E-state index contributed by atoms with van der Waals surface area (Å²) in [7, 11) is -1.83. The van der Waals surface area contributed by atoms with Crippen molar-refractivity contribution < 1.29 is 22.7 Å². The molecule has 0 aromatic carbocycles. The molecule has 0 aromatic rings. The van der Waals surface area contributed by atoms with Gasteiger partial charge in [0.1, 0.15) is 5.60 Å². The number of hydrogen-bond acceptors (Lipinski definition) is 5. The molecule has 6 heteroatoms. The number of sulfone groups is 1. The molecule has 0 N–H and O–H groups in total. The lowest BCUT2D eigenvalue weighted by atomic mass is 9.86. The normalized spacial score (nSPS) is 44.6. The summed E-state index contributed by atoms with van der Waals surface area (Å²) in [4.78, 5) is 11.7. The number of epoxide rings is 1. The SMILES string of the molecule is CCC1(C(=O)OC)OC12CCS(=O)(=O)C2C. The molecule has 2 rings (SSSR count). The highest BCUT2D eigenvalue weighted by Crippen LogP contribution is 2.60. The van der Waals surface area contributed by atoms with Crippen LogP contribution in [0.1, 0.15) is 26.7 Å². The van der Waals surface area contributed by atoms with Crippen LogP contribution in [0.2, 0.25) is 0 Å². The van der Waals surface area contributed by atoms with Gasteiger partial charge in [-0.15, -0.1) is 0 Å². The molecule has 0 radical (unpaired) electrons. The molecule has 5 nitrogen and oxygen atoms in total. The fourth-order valence-corrected chi connectivity index (χ4v) is 4.69. The van der Waals surface area contributed by atoms with Gasteiger partial charge in [0.2, 0.25) is 0 Å². The number of carbonyl (C=O) groups excluding carboxylic acids is 1. The van der Waals surface area contributed by atoms with Crippen LogP contribution >= 0.6 is 0 Å². The molecular formula is C10H16O5S. The molecule has 92 valence electrons. The van der Waals surface area contributed by atoms with E-state index in [4.69, 9.17) is 9.47 Å². The Labute approximate surface area is 95.0 Å². The summed E-state index contributed by atoms with van der Waals surface area (Å²) in [6, 6.07) is 0. The van der Waals surface area contributed by atoms with Crippen molar-refractivity contribution in [3.8, 4) is 0 Å². The summed E-state index contributed by atoms with van der Waals surface area (Å²) in [5.74, 6) is -0.369. The Morgan fingerprint density at radius 1 is 1.56 bits per heavy atom. The van der Waals surface area contributed by atoms with Gasteiger partial charge in [0.15, 0.2) is 15.4 Å². The van der Waals surface area contributed by atoms with Gasteiger partial charge in [-0.2, -0.15) is 0 Å². The predicted octanol–water partition coefficient (Wildman–Crippen LogP) is 0.284. The first-order chi connectivity index (χ1) is 7.36. The van der Waals surface area contributed by atoms with Crippen LogP contribution in [0.15, 0.2) is 0 Å². The summed E-state index contributed by atoms with van der Waals surface area (Å²) < 4.78 is 33.7. The van der Waals surface area contributed by atoms with Crippen LogP contribution in [0.3, 0.4) is 0 Å². The van der Waals surface area contributed by atoms with Crippen LogP contribution in [0.4, 0.5) is 0 Å². The quantitative estimate of drug-likeness (QED) is 0.518. The van der Waals surface area contributed by atoms with Crippen molar-refractivity contribution in [1.29, 1.82) is 0 Å². The predicted molar refractivity (Wildman–Crippen MR) is 56.7 cm³/mol. The molecule has 0 amide bonds. The zero-order chi connectivity index (χ0) is 12.2. The Balaban J connectivity index is 2.36. The topological polar surface area (TPSA) is 73.0 Å². The van der Waals surface area contributed by atoms with Crippen molar-refractivity contribution in [1.82, 2.24) is 0 Å². The maximum atomic E-state index is 11.7. The third kappa shape index (κ3) is 1.14. The zero-order valence-corrected chi connectivity index (χ0v) is 10.5. The van der Waals surface area contributed by atoms with Crippen LogP contribution in [0.5, 0.6) is 0 Å². The fourth-order valence-electron chi connectivity index (χ4n) is 2.81. The van der Waals surface area contributed by atoms with Gasteiger partial charge in [0.25, 0.3) is 0 Å². The summed E-state index contributed by atoms with van der Waals surface area (Å²) in [5.41, 5.74) is -1.88. The minimum Gasteiger partial charge on any atom is -0.467 e. The van der Waals surface area contributed by atoms with Crippen molar-refractivity contribution in [2.24, 2.45) is 0 Å². The first-order valence-electron chi connectivity index (χ1n) is 5.36. The highest BCUT2D eigenvalue weighted by atomic mass is 32.2. The van der Waals surface area contributed by atoms with Gasteiger partial charge in [-0.25, -0.2) is 13.2 Å². The van der Waals surface area contributed by atoms with E-state index < -0.39 is 32.3 Å². The van der Waals surface area contributed by atoms with E-state index in [1.807, 2.05) is 6.92 Å². The maximum absolute atomic E-state index is 11.7. The summed E-state index contributed by atoms with van der Waals surface area (Å²) >= 11 is 0. The first-order valence-corrected chi connectivity index (χ1v) is 7.08. The molecule has 0 saturated carbocycles. The molecule has 2 fully saturated rings. The van der Waals surface area contributed by atoms with E-state index in [1.165, 1.54) is 7.11 Å². The van der Waals surface area contributed by atoms with Crippen molar-refractivity contribution >= 4 is 15.8 Å². The highest BCUT2D eigenvalue weighted by Gasteiger charge is 2.80. The van der Waals surface area contributed by atoms with Gasteiger partial charge in [-0.3, -0.25) is 0 Å². The van der Waals surface area contributed by atoms with Crippen LogP contribution < -0.4 is 0 Å². The summed E-state index contributed by atoms with van der Waals surface area (Å²) in [5, 5.41) is -0.626. The Hall–Kier alpha value is -0.620. The monoisotopic (exact) mass is 248 g/mol. The van der Waals surface area contributed by atoms with E-state index in [0.29, 0.717) is 12.8 Å². The second-order valence-corrected chi connectivity index (χ2v) is 6.86. The maximum Gasteiger partial charge on any atom is 0.341 e. The largest absolute Gasteiger partial charge is 0.467 e. The van der Waals surface area contributed by atoms with Crippen molar-refractivity contribution in [2.45, 2.75) is 43.1 Å². The average Bonchev–Trinajstić information content (AvgIpc) is 2.89. The second-order valence-electron chi connectivity index (χ2n) is 4.42. The molecule has 0 aliphatic carbocycles. The number of hydrogen-bond donors (Lipinski definition) is 0. The van der Waals surface area contributed by atoms with Crippen molar-refractivity contribution in [3.63, 3.8) is 0 Å². The molecule has 1 spiro atoms. The summed E-state index contributed by atoms with van der Waals surface area (Å²) in [6.07, 6.45) is 0.832. The number of esters is 1. The van der Waals surface area contributed by atoms with Crippen LogP contribution in [0, 0.1) is 0 Å². The van der Waals surface area contributed by atoms with Gasteiger partial charge < -0.3 is 9.47 Å². The van der Waals surface area contributed by atoms with E-state index in [9.17, 15) is 13.2 Å². The van der Waals surface area contributed by atoms with Gasteiger partial charge in [-0.1, -0.05) is 6.92 Å². The van der Waals surface area contributed by atoms with E-state index in [2.05, 4.69) is 0 Å². The Kier molecular flexibility index (Phi) is 2.37. The van der Waals surface area contributed by atoms with Crippen molar-refractivity contribution in [3.05, 3.63) is 0 Å². The minimum absolute atomic E-state index is 0.0902. The lowest BCUT2D eigenvalue weighted by Crippen LogP contribution is -2.39. The minimum atomic E-state index is -3.13. The zero-order valence-electron chi connectivity index (χ0n) is 9.65. The van der Waals surface area contributed by atoms with E-state index in [-0.39, 0.29) is 5.75 Å². The van der Waals surface area contributed by atoms with Crippen molar-refractivity contribution in [2.75, 3.05) is 12.9 Å². The van der Waals surface area contributed by atoms with Gasteiger partial charge in [-0.05, 0) is 19.8 Å². The number of ether oxygens (including phenoxy) is 2. The molecule has 3 atom stereocenters. The lowest BCUT2D eigenvalue weighted by Gasteiger charge is -2.15. The molecule has 3 unspecified atom stereocenters. The molecule has 2 aliphatic heterocycles. The smallest absolute Gasteiger partial charge is 0.341 e. The molecule has 0 bridgehead atoms. The van der Waals surface area contributed by atoms with E-state index >= 15 is 0 Å². The van der Waals surface area contributed by atoms with Gasteiger partial charge in [0.05, 0.1) is 18.1 Å². The third-order valence-electron chi connectivity index (χ3n) is 3.96. The molecule has 2 aliphatic rings.